The maximum Gasteiger partial charge on any atom is 0.335 e. The van der Waals surface area contributed by atoms with E-state index in [2.05, 4.69) is 0 Å². The third-order valence-electron chi connectivity index (χ3n) is 3.77. The number of aromatic carboxylic acids is 1. The molecule has 0 aliphatic rings. The number of nitrogens with zero attached hydrogens (tertiary/aromatic N) is 1. The fourth-order valence-corrected chi connectivity index (χ4v) is 2.54. The van der Waals surface area contributed by atoms with Crippen molar-refractivity contribution in [1.29, 1.82) is 0 Å². The molecule has 3 aromatic rings. The third kappa shape index (κ3) is 2.68. The smallest absolute Gasteiger partial charge is 0.335 e. The van der Waals surface area contributed by atoms with Gasteiger partial charge in [0.2, 0.25) is 0 Å². The summed E-state index contributed by atoms with van der Waals surface area (Å²) in [6.07, 6.45) is 0. The molecule has 0 aliphatic carbocycles. The van der Waals surface area contributed by atoms with Crippen molar-refractivity contribution in [3.63, 3.8) is 0 Å². The molecule has 4 nitrogen and oxygen atoms in total. The molecule has 0 atom stereocenters. The molecule has 0 bridgehead atoms. The first-order chi connectivity index (χ1) is 10.5. The minimum absolute atomic E-state index is 0.296. The number of aryl methyl sites for hydroxylation is 2. The Kier molecular flexibility index (Phi) is 3.59. The van der Waals surface area contributed by atoms with Crippen LogP contribution in [0.2, 0.25) is 0 Å². The van der Waals surface area contributed by atoms with Gasteiger partial charge < -0.3 is 14.4 Å². The topological polar surface area (TPSA) is 51.5 Å². The van der Waals surface area contributed by atoms with E-state index in [9.17, 15) is 4.79 Å². The molecule has 1 N–H and O–H groups in total. The van der Waals surface area contributed by atoms with Gasteiger partial charge in [0, 0.05) is 18.0 Å². The Bertz CT molecular complexity index is 849. The van der Waals surface area contributed by atoms with Crippen molar-refractivity contribution in [3.8, 4) is 5.75 Å². The van der Waals surface area contributed by atoms with E-state index in [1.165, 1.54) is 0 Å². The Morgan fingerprint density at radius 2 is 2.00 bits per heavy atom. The van der Waals surface area contributed by atoms with Crippen LogP contribution in [-0.4, -0.2) is 15.6 Å². The van der Waals surface area contributed by atoms with Gasteiger partial charge in [0.1, 0.15) is 12.4 Å². The molecular formula is C18H17NO3. The highest BCUT2D eigenvalue weighted by Gasteiger charge is 2.10. The first-order valence-electron chi connectivity index (χ1n) is 7.06. The Balaban J connectivity index is 1.87. The lowest BCUT2D eigenvalue weighted by Crippen LogP contribution is -2.01. The minimum atomic E-state index is -0.914. The second-order valence-corrected chi connectivity index (χ2v) is 5.38. The fourth-order valence-electron chi connectivity index (χ4n) is 2.54. The molecule has 1 aromatic heterocycles. The van der Waals surface area contributed by atoms with Crippen molar-refractivity contribution in [2.45, 2.75) is 13.5 Å². The van der Waals surface area contributed by atoms with E-state index in [1.54, 1.807) is 12.1 Å². The Morgan fingerprint density at radius 1 is 1.18 bits per heavy atom. The molecule has 112 valence electrons. The normalized spacial score (nSPS) is 10.8. The first kappa shape index (κ1) is 14.2. The largest absolute Gasteiger partial charge is 0.487 e. The number of hydrogen-bond donors (Lipinski definition) is 1. The maximum atomic E-state index is 11.0. The van der Waals surface area contributed by atoms with Gasteiger partial charge in [0.05, 0.1) is 11.3 Å². The Labute approximate surface area is 128 Å². The van der Waals surface area contributed by atoms with Crippen LogP contribution in [0.5, 0.6) is 5.75 Å². The predicted molar refractivity (Wildman–Crippen MR) is 85.4 cm³/mol. The SMILES string of the molecule is Cc1cccc(OCc2cc3cc(C(=O)O)ccc3n2C)c1. The number of fused-ring (bicyclic) bond motifs is 1. The molecule has 0 fully saturated rings. The second-order valence-electron chi connectivity index (χ2n) is 5.38. The molecule has 0 amide bonds. The third-order valence-corrected chi connectivity index (χ3v) is 3.77. The maximum absolute atomic E-state index is 11.0. The summed E-state index contributed by atoms with van der Waals surface area (Å²) in [6.45, 7) is 2.47. The average Bonchev–Trinajstić information content (AvgIpc) is 2.81. The molecule has 0 radical (unpaired) electrons. The average molecular weight is 295 g/mol. The van der Waals surface area contributed by atoms with Gasteiger partial charge in [-0.1, -0.05) is 12.1 Å². The predicted octanol–water partition coefficient (Wildman–Crippen LogP) is 3.76. The second kappa shape index (κ2) is 5.56. The lowest BCUT2D eigenvalue weighted by Gasteiger charge is -2.08. The van der Waals surface area contributed by atoms with Crippen molar-refractivity contribution in [3.05, 3.63) is 65.4 Å². The van der Waals surface area contributed by atoms with E-state index >= 15 is 0 Å². The molecule has 0 aliphatic heterocycles. The number of benzene rings is 2. The van der Waals surface area contributed by atoms with E-state index < -0.39 is 5.97 Å². The molecule has 1 heterocycles. The molecule has 4 heteroatoms. The summed E-state index contributed by atoms with van der Waals surface area (Å²) in [5.41, 5.74) is 3.44. The molecule has 0 saturated carbocycles. The lowest BCUT2D eigenvalue weighted by atomic mass is 10.1. The molecular weight excluding hydrogens is 278 g/mol. The summed E-state index contributed by atoms with van der Waals surface area (Å²) >= 11 is 0. The van der Waals surface area contributed by atoms with E-state index in [0.29, 0.717) is 12.2 Å². The van der Waals surface area contributed by atoms with Crippen molar-refractivity contribution < 1.29 is 14.6 Å². The van der Waals surface area contributed by atoms with Crippen molar-refractivity contribution >= 4 is 16.9 Å². The van der Waals surface area contributed by atoms with Gasteiger partial charge in [-0.25, -0.2) is 4.79 Å². The van der Waals surface area contributed by atoms with Gasteiger partial charge >= 0.3 is 5.97 Å². The lowest BCUT2D eigenvalue weighted by molar-refractivity contribution is 0.0697. The van der Waals surface area contributed by atoms with Crippen LogP contribution in [0.3, 0.4) is 0 Å². The van der Waals surface area contributed by atoms with Crippen LogP contribution >= 0.6 is 0 Å². The number of ether oxygens (including phenoxy) is 1. The van der Waals surface area contributed by atoms with Gasteiger partial charge in [0.15, 0.2) is 0 Å². The van der Waals surface area contributed by atoms with E-state index in [1.807, 2.05) is 54.9 Å². The summed E-state index contributed by atoms with van der Waals surface area (Å²) in [7, 11) is 1.96. The summed E-state index contributed by atoms with van der Waals surface area (Å²) in [5.74, 6) is -0.0835. The number of rotatable bonds is 4. The number of carboxylic acid groups (broad SMARTS) is 1. The highest BCUT2D eigenvalue weighted by Crippen LogP contribution is 2.22. The monoisotopic (exact) mass is 295 g/mol. The number of carbonyl (C=O) groups is 1. The van der Waals surface area contributed by atoms with E-state index in [0.717, 1.165) is 27.9 Å². The van der Waals surface area contributed by atoms with Gasteiger partial charge in [-0.15, -0.1) is 0 Å². The van der Waals surface area contributed by atoms with E-state index in [-0.39, 0.29) is 0 Å². The molecule has 22 heavy (non-hydrogen) atoms. The van der Waals surface area contributed by atoms with Gasteiger partial charge in [-0.3, -0.25) is 0 Å². The molecule has 0 saturated heterocycles. The summed E-state index contributed by atoms with van der Waals surface area (Å²) in [6, 6.07) is 15.0. The number of aromatic nitrogens is 1. The van der Waals surface area contributed by atoms with E-state index in [4.69, 9.17) is 9.84 Å². The zero-order valence-corrected chi connectivity index (χ0v) is 12.5. The van der Waals surface area contributed by atoms with Crippen LogP contribution in [0.25, 0.3) is 10.9 Å². The molecule has 0 spiro atoms. The van der Waals surface area contributed by atoms with Crippen molar-refractivity contribution in [2.75, 3.05) is 0 Å². The summed E-state index contributed by atoms with van der Waals surface area (Å²) < 4.78 is 7.85. The fraction of sp³-hybridized carbons (Fsp3) is 0.167. The highest BCUT2D eigenvalue weighted by molar-refractivity contribution is 5.94. The standard InChI is InChI=1S/C18H17NO3/c1-12-4-3-5-16(8-12)22-11-15-10-14-9-13(18(20)21)6-7-17(14)19(15)2/h3-10H,11H2,1-2H3,(H,20,21). The quantitative estimate of drug-likeness (QED) is 0.797. The van der Waals surface area contributed by atoms with Crippen LogP contribution < -0.4 is 4.74 Å². The zero-order chi connectivity index (χ0) is 15.7. The van der Waals surface area contributed by atoms with Gasteiger partial charge in [0.25, 0.3) is 0 Å². The molecule has 2 aromatic carbocycles. The molecule has 0 unspecified atom stereocenters. The van der Waals surface area contributed by atoms with Crippen LogP contribution in [0.15, 0.2) is 48.5 Å². The summed E-state index contributed by atoms with van der Waals surface area (Å²) in [5, 5.41) is 9.97. The van der Waals surface area contributed by atoms with Gasteiger partial charge in [-0.2, -0.15) is 0 Å². The first-order valence-corrected chi connectivity index (χ1v) is 7.06. The number of carboxylic acids is 1. The summed E-state index contributed by atoms with van der Waals surface area (Å²) in [4.78, 5) is 11.0. The highest BCUT2D eigenvalue weighted by atomic mass is 16.5. The zero-order valence-electron chi connectivity index (χ0n) is 12.5. The van der Waals surface area contributed by atoms with Crippen molar-refractivity contribution in [2.24, 2.45) is 7.05 Å². The number of hydrogen-bond acceptors (Lipinski definition) is 2. The minimum Gasteiger partial charge on any atom is -0.487 e. The van der Waals surface area contributed by atoms with Crippen LogP contribution in [-0.2, 0) is 13.7 Å². The Hall–Kier alpha value is -2.75. The molecule has 3 rings (SSSR count). The van der Waals surface area contributed by atoms with Crippen molar-refractivity contribution in [1.82, 2.24) is 4.57 Å². The Morgan fingerprint density at radius 3 is 2.73 bits per heavy atom. The van der Waals surface area contributed by atoms with Crippen LogP contribution in [0.4, 0.5) is 0 Å². The van der Waals surface area contributed by atoms with Crippen LogP contribution in [0.1, 0.15) is 21.6 Å². The van der Waals surface area contributed by atoms with Gasteiger partial charge in [-0.05, 0) is 48.9 Å². The van der Waals surface area contributed by atoms with Crippen LogP contribution in [0, 0.1) is 6.92 Å².